The van der Waals surface area contributed by atoms with Crippen molar-refractivity contribution in [3.8, 4) is 0 Å². The number of nitrogens with two attached hydrogens (primary N) is 1. The van der Waals surface area contributed by atoms with Crippen molar-refractivity contribution >= 4 is 5.91 Å². The van der Waals surface area contributed by atoms with Gasteiger partial charge in [-0.1, -0.05) is 47.5 Å². The van der Waals surface area contributed by atoms with E-state index in [9.17, 15) is 4.79 Å². The summed E-state index contributed by atoms with van der Waals surface area (Å²) in [5.41, 5.74) is 6.27. The SMILES string of the molecule is CCC(CC)C(N)CNC(=O)CCC(C)(C)C. The van der Waals surface area contributed by atoms with Crippen molar-refractivity contribution in [2.75, 3.05) is 6.54 Å². The van der Waals surface area contributed by atoms with Crippen molar-refractivity contribution in [1.82, 2.24) is 5.32 Å². The normalized spacial score (nSPS) is 13.8. The molecule has 102 valence electrons. The average Bonchev–Trinajstić information content (AvgIpc) is 2.24. The summed E-state index contributed by atoms with van der Waals surface area (Å²) in [7, 11) is 0. The van der Waals surface area contributed by atoms with E-state index in [4.69, 9.17) is 5.73 Å². The van der Waals surface area contributed by atoms with Crippen LogP contribution < -0.4 is 11.1 Å². The zero-order valence-corrected chi connectivity index (χ0v) is 12.2. The van der Waals surface area contributed by atoms with Crippen LogP contribution in [0.2, 0.25) is 0 Å². The first kappa shape index (κ1) is 16.4. The molecule has 0 aliphatic carbocycles. The van der Waals surface area contributed by atoms with Crippen LogP contribution in [0.5, 0.6) is 0 Å². The van der Waals surface area contributed by atoms with Crippen LogP contribution >= 0.6 is 0 Å². The second-order valence-electron chi connectivity index (χ2n) is 6.11. The molecule has 0 radical (unpaired) electrons. The van der Waals surface area contributed by atoms with E-state index >= 15 is 0 Å². The van der Waals surface area contributed by atoms with Gasteiger partial charge in [-0.2, -0.15) is 0 Å². The van der Waals surface area contributed by atoms with Gasteiger partial charge in [0, 0.05) is 19.0 Å². The summed E-state index contributed by atoms with van der Waals surface area (Å²) >= 11 is 0. The number of carbonyl (C=O) groups excluding carboxylic acids is 1. The van der Waals surface area contributed by atoms with E-state index < -0.39 is 0 Å². The molecule has 3 nitrogen and oxygen atoms in total. The monoisotopic (exact) mass is 242 g/mol. The fourth-order valence-electron chi connectivity index (χ4n) is 1.87. The van der Waals surface area contributed by atoms with Crippen LogP contribution in [0.25, 0.3) is 0 Å². The molecule has 0 saturated carbocycles. The largest absolute Gasteiger partial charge is 0.355 e. The molecule has 1 amide bonds. The summed E-state index contributed by atoms with van der Waals surface area (Å²) < 4.78 is 0. The van der Waals surface area contributed by atoms with Crippen LogP contribution in [-0.4, -0.2) is 18.5 Å². The molecule has 3 N–H and O–H groups in total. The number of hydrogen-bond acceptors (Lipinski definition) is 2. The second kappa shape index (κ2) is 7.70. The van der Waals surface area contributed by atoms with E-state index in [0.717, 1.165) is 19.3 Å². The van der Waals surface area contributed by atoms with Crippen molar-refractivity contribution < 1.29 is 4.79 Å². The number of rotatable bonds is 7. The van der Waals surface area contributed by atoms with Gasteiger partial charge in [-0.15, -0.1) is 0 Å². The van der Waals surface area contributed by atoms with Crippen LogP contribution in [0.4, 0.5) is 0 Å². The highest BCUT2D eigenvalue weighted by Crippen LogP contribution is 2.20. The molecular weight excluding hydrogens is 212 g/mol. The smallest absolute Gasteiger partial charge is 0.220 e. The van der Waals surface area contributed by atoms with E-state index in [2.05, 4.69) is 39.9 Å². The third-order valence-corrected chi connectivity index (χ3v) is 3.29. The van der Waals surface area contributed by atoms with E-state index in [1.165, 1.54) is 0 Å². The molecular formula is C14H30N2O. The van der Waals surface area contributed by atoms with Crippen molar-refractivity contribution in [1.29, 1.82) is 0 Å². The van der Waals surface area contributed by atoms with Gasteiger partial charge in [0.15, 0.2) is 0 Å². The summed E-state index contributed by atoms with van der Waals surface area (Å²) in [5, 5.41) is 2.94. The lowest BCUT2D eigenvalue weighted by atomic mass is 9.90. The lowest BCUT2D eigenvalue weighted by molar-refractivity contribution is -0.121. The molecule has 0 spiro atoms. The van der Waals surface area contributed by atoms with Gasteiger partial charge in [0.2, 0.25) is 5.91 Å². The highest BCUT2D eigenvalue weighted by molar-refractivity contribution is 5.75. The standard InChI is InChI=1S/C14H30N2O/c1-6-11(7-2)12(15)10-16-13(17)8-9-14(3,4)5/h11-12H,6-10,15H2,1-5H3,(H,16,17). The minimum atomic E-state index is 0.0867. The van der Waals surface area contributed by atoms with Crippen LogP contribution in [0, 0.1) is 11.3 Å². The highest BCUT2D eigenvalue weighted by Gasteiger charge is 2.16. The lowest BCUT2D eigenvalue weighted by Crippen LogP contribution is -2.41. The third kappa shape index (κ3) is 8.19. The fraction of sp³-hybridized carbons (Fsp3) is 0.929. The van der Waals surface area contributed by atoms with Gasteiger partial charge in [-0.25, -0.2) is 0 Å². The predicted octanol–water partition coefficient (Wildman–Crippen LogP) is 2.69. The molecule has 0 bridgehead atoms. The molecule has 0 fully saturated rings. The van der Waals surface area contributed by atoms with Gasteiger partial charge in [0.25, 0.3) is 0 Å². The Morgan fingerprint density at radius 3 is 2.18 bits per heavy atom. The third-order valence-electron chi connectivity index (χ3n) is 3.29. The van der Waals surface area contributed by atoms with Gasteiger partial charge in [0.1, 0.15) is 0 Å². The first-order valence-electron chi connectivity index (χ1n) is 6.82. The Labute approximate surface area is 107 Å². The van der Waals surface area contributed by atoms with Crippen molar-refractivity contribution in [2.24, 2.45) is 17.1 Å². The van der Waals surface area contributed by atoms with E-state index in [0.29, 0.717) is 18.9 Å². The molecule has 3 heteroatoms. The Morgan fingerprint density at radius 1 is 1.24 bits per heavy atom. The molecule has 0 rings (SSSR count). The van der Waals surface area contributed by atoms with E-state index in [1.54, 1.807) is 0 Å². The van der Waals surface area contributed by atoms with Gasteiger partial charge in [-0.3, -0.25) is 4.79 Å². The Morgan fingerprint density at radius 2 is 1.76 bits per heavy atom. The molecule has 0 aromatic heterocycles. The quantitative estimate of drug-likeness (QED) is 0.721. The Kier molecular flexibility index (Phi) is 7.44. The Bertz CT molecular complexity index is 217. The van der Waals surface area contributed by atoms with Gasteiger partial charge >= 0.3 is 0 Å². The van der Waals surface area contributed by atoms with E-state index in [1.807, 2.05) is 0 Å². The Balaban J connectivity index is 3.84. The topological polar surface area (TPSA) is 55.1 Å². The Hall–Kier alpha value is -0.570. The van der Waals surface area contributed by atoms with Crippen LogP contribution in [0.1, 0.15) is 60.3 Å². The molecule has 0 saturated heterocycles. The maximum atomic E-state index is 11.6. The van der Waals surface area contributed by atoms with Gasteiger partial charge in [0.05, 0.1) is 0 Å². The number of nitrogens with one attached hydrogen (secondary N) is 1. The molecule has 0 aliphatic rings. The van der Waals surface area contributed by atoms with Gasteiger partial charge < -0.3 is 11.1 Å². The summed E-state index contributed by atoms with van der Waals surface area (Å²) in [5.74, 6) is 0.638. The minimum Gasteiger partial charge on any atom is -0.355 e. The summed E-state index contributed by atoms with van der Waals surface area (Å²) in [6.45, 7) is 11.4. The van der Waals surface area contributed by atoms with Crippen molar-refractivity contribution in [3.63, 3.8) is 0 Å². The first-order chi connectivity index (χ1) is 7.80. The maximum Gasteiger partial charge on any atom is 0.220 e. The second-order valence-corrected chi connectivity index (χ2v) is 6.11. The summed E-state index contributed by atoms with van der Waals surface area (Å²) in [6, 6.07) is 0.0867. The van der Waals surface area contributed by atoms with Crippen LogP contribution in [0.15, 0.2) is 0 Å². The number of amides is 1. The van der Waals surface area contributed by atoms with Crippen molar-refractivity contribution in [3.05, 3.63) is 0 Å². The van der Waals surface area contributed by atoms with Crippen molar-refractivity contribution in [2.45, 2.75) is 66.3 Å². The van der Waals surface area contributed by atoms with Crippen LogP contribution in [0.3, 0.4) is 0 Å². The zero-order chi connectivity index (χ0) is 13.5. The zero-order valence-electron chi connectivity index (χ0n) is 12.2. The summed E-state index contributed by atoms with van der Waals surface area (Å²) in [4.78, 5) is 11.6. The molecule has 17 heavy (non-hydrogen) atoms. The maximum absolute atomic E-state index is 11.6. The summed E-state index contributed by atoms with van der Waals surface area (Å²) in [6.07, 6.45) is 3.67. The first-order valence-corrected chi connectivity index (χ1v) is 6.82. The molecule has 0 aliphatic heterocycles. The minimum absolute atomic E-state index is 0.0867. The fourth-order valence-corrected chi connectivity index (χ4v) is 1.87. The van der Waals surface area contributed by atoms with Crippen LogP contribution in [-0.2, 0) is 4.79 Å². The molecule has 1 atom stereocenters. The molecule has 1 unspecified atom stereocenters. The molecule has 0 aromatic rings. The lowest BCUT2D eigenvalue weighted by Gasteiger charge is -2.22. The highest BCUT2D eigenvalue weighted by atomic mass is 16.1. The van der Waals surface area contributed by atoms with Gasteiger partial charge in [-0.05, 0) is 17.8 Å². The number of carbonyl (C=O) groups is 1. The molecule has 0 aromatic carbocycles. The predicted molar refractivity (Wildman–Crippen MR) is 73.7 cm³/mol. The average molecular weight is 242 g/mol. The molecule has 0 heterocycles. The van der Waals surface area contributed by atoms with E-state index in [-0.39, 0.29) is 17.4 Å². The number of hydrogen-bond donors (Lipinski definition) is 2.